The van der Waals surface area contributed by atoms with Gasteiger partial charge in [-0.1, -0.05) is 18.2 Å². The van der Waals surface area contributed by atoms with E-state index in [-0.39, 0.29) is 5.75 Å². The molecule has 0 aliphatic rings. The van der Waals surface area contributed by atoms with Crippen molar-refractivity contribution < 1.29 is 13.5 Å². The average molecular weight is 249 g/mol. The lowest BCUT2D eigenvalue weighted by Crippen LogP contribution is -2.04. The van der Waals surface area contributed by atoms with E-state index in [0.29, 0.717) is 5.75 Å². The first kappa shape index (κ1) is 12.5. The Labute approximate surface area is 104 Å². The largest absolute Gasteiger partial charge is 0.454 e. The van der Waals surface area contributed by atoms with Crippen LogP contribution in [0.4, 0.5) is 8.78 Å². The highest BCUT2D eigenvalue weighted by atomic mass is 19.2. The summed E-state index contributed by atoms with van der Waals surface area (Å²) in [7, 11) is 1.85. The first-order chi connectivity index (χ1) is 8.70. The minimum absolute atomic E-state index is 0.114. The zero-order valence-corrected chi connectivity index (χ0v) is 9.91. The van der Waals surface area contributed by atoms with Gasteiger partial charge in [-0.25, -0.2) is 4.39 Å². The molecular formula is C14H13F2NO. The number of rotatable bonds is 4. The van der Waals surface area contributed by atoms with Gasteiger partial charge in [-0.15, -0.1) is 0 Å². The molecule has 0 fully saturated rings. The van der Waals surface area contributed by atoms with Crippen molar-refractivity contribution in [1.82, 2.24) is 5.32 Å². The maximum Gasteiger partial charge on any atom is 0.201 e. The molecule has 0 bridgehead atoms. The maximum absolute atomic E-state index is 13.4. The summed E-state index contributed by atoms with van der Waals surface area (Å²) in [4.78, 5) is 0. The Morgan fingerprint density at radius 2 is 1.78 bits per heavy atom. The molecule has 2 rings (SSSR count). The summed E-state index contributed by atoms with van der Waals surface area (Å²) in [6.07, 6.45) is 0. The first-order valence-electron chi connectivity index (χ1n) is 5.56. The van der Waals surface area contributed by atoms with Gasteiger partial charge >= 0.3 is 0 Å². The highest BCUT2D eigenvalue weighted by molar-refractivity contribution is 5.34. The summed E-state index contributed by atoms with van der Waals surface area (Å²) >= 11 is 0. The second kappa shape index (κ2) is 5.60. The third kappa shape index (κ3) is 2.84. The average Bonchev–Trinajstić information content (AvgIpc) is 2.38. The van der Waals surface area contributed by atoms with Crippen molar-refractivity contribution in [3.8, 4) is 11.5 Å². The Balaban J connectivity index is 2.16. The van der Waals surface area contributed by atoms with Crippen molar-refractivity contribution in [2.45, 2.75) is 6.54 Å². The Hall–Kier alpha value is -1.94. The number of ether oxygens (including phenoxy) is 1. The zero-order valence-electron chi connectivity index (χ0n) is 9.91. The van der Waals surface area contributed by atoms with Gasteiger partial charge in [0.2, 0.25) is 5.82 Å². The van der Waals surface area contributed by atoms with Crippen LogP contribution in [-0.2, 0) is 6.54 Å². The Morgan fingerprint density at radius 3 is 2.44 bits per heavy atom. The molecule has 0 saturated heterocycles. The molecule has 0 aromatic heterocycles. The smallest absolute Gasteiger partial charge is 0.201 e. The predicted molar refractivity (Wildman–Crippen MR) is 65.6 cm³/mol. The van der Waals surface area contributed by atoms with Crippen LogP contribution in [0.2, 0.25) is 0 Å². The molecule has 94 valence electrons. The van der Waals surface area contributed by atoms with Gasteiger partial charge in [-0.3, -0.25) is 0 Å². The van der Waals surface area contributed by atoms with E-state index in [2.05, 4.69) is 5.32 Å². The molecule has 0 aliphatic heterocycles. The van der Waals surface area contributed by atoms with Gasteiger partial charge in [0.1, 0.15) is 5.75 Å². The van der Waals surface area contributed by atoms with Crippen LogP contribution in [0.5, 0.6) is 11.5 Å². The molecule has 0 radical (unpaired) electrons. The van der Waals surface area contributed by atoms with Crippen LogP contribution in [0.1, 0.15) is 5.56 Å². The van der Waals surface area contributed by atoms with Crippen LogP contribution in [0.25, 0.3) is 0 Å². The lowest BCUT2D eigenvalue weighted by molar-refractivity contribution is 0.416. The van der Waals surface area contributed by atoms with E-state index in [1.807, 2.05) is 19.2 Å². The molecule has 2 aromatic carbocycles. The lowest BCUT2D eigenvalue weighted by Gasteiger charge is -2.07. The van der Waals surface area contributed by atoms with E-state index in [4.69, 9.17) is 4.74 Å². The Morgan fingerprint density at radius 1 is 1.06 bits per heavy atom. The van der Waals surface area contributed by atoms with Crippen LogP contribution < -0.4 is 10.1 Å². The number of hydrogen-bond donors (Lipinski definition) is 1. The molecular weight excluding hydrogens is 236 g/mol. The summed E-state index contributed by atoms with van der Waals surface area (Å²) < 4.78 is 31.6. The normalized spacial score (nSPS) is 10.4. The second-order valence-corrected chi connectivity index (χ2v) is 3.83. The van der Waals surface area contributed by atoms with E-state index < -0.39 is 11.6 Å². The molecule has 0 aliphatic carbocycles. The summed E-state index contributed by atoms with van der Waals surface area (Å²) in [5.74, 6) is -1.54. The lowest BCUT2D eigenvalue weighted by atomic mass is 10.2. The molecule has 0 atom stereocenters. The molecule has 0 spiro atoms. The molecule has 2 nitrogen and oxygen atoms in total. The standard InChI is InChI=1S/C14H13F2NO/c1-17-9-10-5-7-11(8-6-10)18-13-4-2-3-12(15)14(13)16/h2-8,17H,9H2,1H3. The first-order valence-corrected chi connectivity index (χ1v) is 5.56. The minimum Gasteiger partial charge on any atom is -0.454 e. The summed E-state index contributed by atoms with van der Waals surface area (Å²) in [6.45, 7) is 0.745. The van der Waals surface area contributed by atoms with Crippen LogP contribution >= 0.6 is 0 Å². The van der Waals surface area contributed by atoms with Crippen molar-refractivity contribution in [2.75, 3.05) is 7.05 Å². The fourth-order valence-corrected chi connectivity index (χ4v) is 1.57. The molecule has 0 saturated carbocycles. The SMILES string of the molecule is CNCc1ccc(Oc2cccc(F)c2F)cc1. The number of benzene rings is 2. The molecule has 1 N–H and O–H groups in total. The molecule has 0 unspecified atom stereocenters. The topological polar surface area (TPSA) is 21.3 Å². The third-order valence-corrected chi connectivity index (χ3v) is 2.45. The van der Waals surface area contributed by atoms with Gasteiger partial charge in [-0.05, 0) is 36.9 Å². The molecule has 2 aromatic rings. The van der Waals surface area contributed by atoms with E-state index in [1.165, 1.54) is 12.1 Å². The highest BCUT2D eigenvalue weighted by Crippen LogP contribution is 2.25. The molecule has 0 amide bonds. The quantitative estimate of drug-likeness (QED) is 0.895. The van der Waals surface area contributed by atoms with Crippen LogP contribution in [0.3, 0.4) is 0 Å². The van der Waals surface area contributed by atoms with Crippen LogP contribution in [-0.4, -0.2) is 7.05 Å². The Kier molecular flexibility index (Phi) is 3.89. The van der Waals surface area contributed by atoms with Gasteiger partial charge in [0.25, 0.3) is 0 Å². The summed E-state index contributed by atoms with van der Waals surface area (Å²) in [5, 5.41) is 3.02. The summed E-state index contributed by atoms with van der Waals surface area (Å²) in [6, 6.07) is 11.0. The van der Waals surface area contributed by atoms with E-state index in [0.717, 1.165) is 18.2 Å². The van der Waals surface area contributed by atoms with Crippen LogP contribution in [0.15, 0.2) is 42.5 Å². The molecule has 0 heterocycles. The van der Waals surface area contributed by atoms with E-state index in [9.17, 15) is 8.78 Å². The van der Waals surface area contributed by atoms with Gasteiger partial charge in [0.15, 0.2) is 11.6 Å². The van der Waals surface area contributed by atoms with Gasteiger partial charge < -0.3 is 10.1 Å². The van der Waals surface area contributed by atoms with Gasteiger partial charge in [0.05, 0.1) is 0 Å². The second-order valence-electron chi connectivity index (χ2n) is 3.83. The Bertz CT molecular complexity index is 526. The van der Waals surface area contributed by atoms with E-state index >= 15 is 0 Å². The number of nitrogens with one attached hydrogen (secondary N) is 1. The van der Waals surface area contributed by atoms with E-state index in [1.54, 1.807) is 12.1 Å². The zero-order chi connectivity index (χ0) is 13.0. The van der Waals surface area contributed by atoms with Crippen molar-refractivity contribution in [1.29, 1.82) is 0 Å². The van der Waals surface area contributed by atoms with Gasteiger partial charge in [-0.2, -0.15) is 4.39 Å². The van der Waals surface area contributed by atoms with Crippen molar-refractivity contribution in [3.05, 3.63) is 59.7 Å². The van der Waals surface area contributed by atoms with Crippen molar-refractivity contribution in [2.24, 2.45) is 0 Å². The molecule has 4 heteroatoms. The molecule has 18 heavy (non-hydrogen) atoms. The number of hydrogen-bond acceptors (Lipinski definition) is 2. The highest BCUT2D eigenvalue weighted by Gasteiger charge is 2.09. The predicted octanol–water partition coefficient (Wildman–Crippen LogP) is 3.48. The number of halogens is 2. The monoisotopic (exact) mass is 249 g/mol. The van der Waals surface area contributed by atoms with Crippen molar-refractivity contribution in [3.63, 3.8) is 0 Å². The summed E-state index contributed by atoms with van der Waals surface area (Å²) in [5.41, 5.74) is 1.09. The van der Waals surface area contributed by atoms with Crippen molar-refractivity contribution >= 4 is 0 Å². The minimum atomic E-state index is -0.975. The fraction of sp³-hybridized carbons (Fsp3) is 0.143. The van der Waals surface area contributed by atoms with Crippen LogP contribution in [0, 0.1) is 11.6 Å². The maximum atomic E-state index is 13.4. The van der Waals surface area contributed by atoms with Gasteiger partial charge in [0, 0.05) is 6.54 Å². The third-order valence-electron chi connectivity index (χ3n) is 2.45. The fourth-order valence-electron chi connectivity index (χ4n) is 1.57.